The van der Waals surface area contributed by atoms with Crippen LogP contribution < -0.4 is 14.8 Å². The van der Waals surface area contributed by atoms with Gasteiger partial charge in [-0.3, -0.25) is 19.1 Å². The van der Waals surface area contributed by atoms with Crippen molar-refractivity contribution in [2.24, 2.45) is 0 Å². The normalized spacial score (nSPS) is 16.8. The smallest absolute Gasteiger partial charge is 0.258 e. The quantitative estimate of drug-likeness (QED) is 0.449. The van der Waals surface area contributed by atoms with Crippen molar-refractivity contribution in [2.45, 2.75) is 25.4 Å². The van der Waals surface area contributed by atoms with Crippen LogP contribution in [0.2, 0.25) is 0 Å². The van der Waals surface area contributed by atoms with Gasteiger partial charge in [0.05, 0.1) is 13.2 Å². The molecular weight excluding hydrogens is 482 g/mol. The molecule has 2 aliphatic rings. The van der Waals surface area contributed by atoms with Gasteiger partial charge in [0.1, 0.15) is 5.82 Å². The second-order valence-corrected chi connectivity index (χ2v) is 9.38. The second-order valence-electron chi connectivity index (χ2n) is 9.38. The number of nitrogens with zero attached hydrogens (tertiary/aromatic N) is 4. The molecule has 0 radical (unpaired) electrons. The lowest BCUT2D eigenvalue weighted by Crippen LogP contribution is -2.31. The molecule has 2 aromatic heterocycles. The standard InChI is InChI=1S/C29H27N5O4/c1-37-25-7-6-20-15-26(25)38-18-27(35)32-16-19-12-22(14-23(13-19)33-11-9-31-28(20)33)29(36)34-10-3-5-24(34)21-4-2-8-30-17-21/h2,4,6-9,11-15,17,24H,3,5,10,16,18H2,1H3,(H,32,35). The molecule has 0 aliphatic carbocycles. The van der Waals surface area contributed by atoms with E-state index in [4.69, 9.17) is 9.47 Å². The Balaban J connectivity index is 1.43. The Labute approximate surface area is 220 Å². The average molecular weight is 510 g/mol. The van der Waals surface area contributed by atoms with Gasteiger partial charge >= 0.3 is 0 Å². The first-order valence-electron chi connectivity index (χ1n) is 12.6. The summed E-state index contributed by atoms with van der Waals surface area (Å²) in [5.74, 6) is 1.33. The molecule has 4 heterocycles. The number of hydrogen-bond acceptors (Lipinski definition) is 6. The molecule has 192 valence electrons. The number of imidazole rings is 1. The molecule has 2 amide bonds. The SMILES string of the molecule is COc1ccc2cc1OCC(=O)NCc1cc(C(=O)N3CCCC3c3cccnc3)cc(c1)-n1ccnc1-2. The van der Waals surface area contributed by atoms with Gasteiger partial charge in [-0.05, 0) is 66.4 Å². The Hall–Kier alpha value is -4.66. The highest BCUT2D eigenvalue weighted by molar-refractivity contribution is 5.95. The number of nitrogens with one attached hydrogen (secondary N) is 1. The highest BCUT2D eigenvalue weighted by Crippen LogP contribution is 2.35. The van der Waals surface area contributed by atoms with Gasteiger partial charge in [0, 0.05) is 54.7 Å². The molecule has 38 heavy (non-hydrogen) atoms. The number of amides is 2. The molecule has 1 fully saturated rings. The zero-order valence-electron chi connectivity index (χ0n) is 21.0. The van der Waals surface area contributed by atoms with Crippen molar-refractivity contribution in [2.75, 3.05) is 20.3 Å². The van der Waals surface area contributed by atoms with Crippen LogP contribution in [0.4, 0.5) is 0 Å². The number of aromatic nitrogens is 3. The number of fused-ring (bicyclic) bond motifs is 7. The van der Waals surface area contributed by atoms with Crippen molar-refractivity contribution in [3.05, 3.63) is 90.0 Å². The number of carbonyl (C=O) groups excluding carboxylic acids is 2. The van der Waals surface area contributed by atoms with E-state index in [0.717, 1.165) is 35.2 Å². The van der Waals surface area contributed by atoms with Gasteiger partial charge < -0.3 is 19.7 Å². The summed E-state index contributed by atoms with van der Waals surface area (Å²) in [5.41, 5.74) is 3.97. The Kier molecular flexibility index (Phi) is 6.25. The van der Waals surface area contributed by atoms with Crippen LogP contribution in [0, 0.1) is 0 Å². The average Bonchev–Trinajstić information content (AvgIpc) is 3.65. The van der Waals surface area contributed by atoms with Crippen LogP contribution >= 0.6 is 0 Å². The van der Waals surface area contributed by atoms with Gasteiger partial charge in [0.15, 0.2) is 18.1 Å². The number of benzene rings is 2. The molecule has 2 aliphatic heterocycles. The van der Waals surface area contributed by atoms with E-state index in [9.17, 15) is 9.59 Å². The summed E-state index contributed by atoms with van der Waals surface area (Å²) in [4.78, 5) is 37.3. The van der Waals surface area contributed by atoms with E-state index >= 15 is 0 Å². The zero-order chi connectivity index (χ0) is 26.1. The van der Waals surface area contributed by atoms with Crippen molar-refractivity contribution >= 4 is 11.8 Å². The topological polar surface area (TPSA) is 98.6 Å². The van der Waals surface area contributed by atoms with E-state index in [1.165, 1.54) is 0 Å². The fourth-order valence-corrected chi connectivity index (χ4v) is 5.18. The lowest BCUT2D eigenvalue weighted by atomic mass is 10.0. The van der Waals surface area contributed by atoms with E-state index in [1.54, 1.807) is 25.6 Å². The van der Waals surface area contributed by atoms with E-state index in [2.05, 4.69) is 15.3 Å². The predicted molar refractivity (Wildman–Crippen MR) is 140 cm³/mol. The van der Waals surface area contributed by atoms with Crippen molar-refractivity contribution < 1.29 is 19.1 Å². The van der Waals surface area contributed by atoms with Crippen molar-refractivity contribution in [1.82, 2.24) is 24.8 Å². The summed E-state index contributed by atoms with van der Waals surface area (Å²) in [6.07, 6.45) is 8.98. The maximum atomic E-state index is 13.9. The van der Waals surface area contributed by atoms with Gasteiger partial charge in [-0.15, -0.1) is 0 Å². The molecule has 1 atom stereocenters. The van der Waals surface area contributed by atoms with Gasteiger partial charge in [0.25, 0.3) is 11.8 Å². The molecule has 9 nitrogen and oxygen atoms in total. The molecular formula is C29H27N5O4. The molecule has 0 saturated carbocycles. The van der Waals surface area contributed by atoms with Crippen LogP contribution in [-0.2, 0) is 11.3 Å². The van der Waals surface area contributed by atoms with Crippen LogP contribution in [0.5, 0.6) is 11.5 Å². The third-order valence-corrected chi connectivity index (χ3v) is 7.00. The molecule has 1 saturated heterocycles. The van der Waals surface area contributed by atoms with Crippen molar-refractivity contribution in [3.63, 3.8) is 0 Å². The fourth-order valence-electron chi connectivity index (χ4n) is 5.18. The summed E-state index contributed by atoms with van der Waals surface area (Å²) < 4.78 is 13.1. The molecule has 2 aromatic carbocycles. The predicted octanol–water partition coefficient (Wildman–Crippen LogP) is 3.93. The monoisotopic (exact) mass is 509 g/mol. The third-order valence-electron chi connectivity index (χ3n) is 7.00. The number of hydrogen-bond donors (Lipinski definition) is 1. The minimum atomic E-state index is -0.274. The second kappa shape index (κ2) is 10.0. The van der Waals surface area contributed by atoms with Gasteiger partial charge in [-0.25, -0.2) is 4.98 Å². The summed E-state index contributed by atoms with van der Waals surface area (Å²) in [6.45, 7) is 0.762. The van der Waals surface area contributed by atoms with Crippen molar-refractivity contribution in [3.8, 4) is 28.6 Å². The highest BCUT2D eigenvalue weighted by atomic mass is 16.5. The Bertz CT molecular complexity index is 1500. The number of likely N-dealkylation sites (tertiary alicyclic amines) is 1. The van der Waals surface area contributed by atoms with Crippen LogP contribution in [0.1, 0.15) is 40.4 Å². The molecule has 9 heteroatoms. The maximum Gasteiger partial charge on any atom is 0.258 e. The van der Waals surface area contributed by atoms with E-state index < -0.39 is 0 Å². The van der Waals surface area contributed by atoms with Gasteiger partial charge in [-0.2, -0.15) is 0 Å². The van der Waals surface area contributed by atoms with E-state index in [1.807, 2.05) is 64.3 Å². The third kappa shape index (κ3) is 4.47. The zero-order valence-corrected chi connectivity index (χ0v) is 21.0. The number of pyridine rings is 1. The maximum absolute atomic E-state index is 13.9. The lowest BCUT2D eigenvalue weighted by Gasteiger charge is -2.25. The van der Waals surface area contributed by atoms with Gasteiger partial charge in [0.2, 0.25) is 0 Å². The number of rotatable bonds is 3. The molecule has 6 rings (SSSR count). The Morgan fingerprint density at radius 1 is 1.16 bits per heavy atom. The van der Waals surface area contributed by atoms with Crippen LogP contribution in [0.15, 0.2) is 73.3 Å². The molecule has 0 spiro atoms. The van der Waals surface area contributed by atoms with E-state index in [-0.39, 0.29) is 31.0 Å². The van der Waals surface area contributed by atoms with Gasteiger partial charge in [-0.1, -0.05) is 6.07 Å². The largest absolute Gasteiger partial charge is 0.493 e. The number of carbonyl (C=O) groups is 2. The van der Waals surface area contributed by atoms with Crippen LogP contribution in [0.3, 0.4) is 0 Å². The molecule has 1 unspecified atom stereocenters. The summed E-state index contributed by atoms with van der Waals surface area (Å²) in [7, 11) is 1.56. The lowest BCUT2D eigenvalue weighted by molar-refractivity contribution is -0.123. The molecule has 4 bridgehead atoms. The van der Waals surface area contributed by atoms with Crippen LogP contribution in [-0.4, -0.2) is 51.5 Å². The first kappa shape index (κ1) is 23.7. The molecule has 1 N–H and O–H groups in total. The summed E-state index contributed by atoms with van der Waals surface area (Å²) >= 11 is 0. The first-order valence-corrected chi connectivity index (χ1v) is 12.6. The molecule has 4 aromatic rings. The fraction of sp³-hybridized carbons (Fsp3) is 0.241. The first-order chi connectivity index (χ1) is 18.6. The summed E-state index contributed by atoms with van der Waals surface area (Å²) in [5, 5.41) is 2.90. The van der Waals surface area contributed by atoms with E-state index in [0.29, 0.717) is 29.4 Å². The summed E-state index contributed by atoms with van der Waals surface area (Å²) in [6, 6.07) is 15.1. The minimum Gasteiger partial charge on any atom is -0.493 e. The Morgan fingerprint density at radius 3 is 2.92 bits per heavy atom. The highest BCUT2D eigenvalue weighted by Gasteiger charge is 2.31. The number of ether oxygens (including phenoxy) is 2. The minimum absolute atomic E-state index is 0.0178. The van der Waals surface area contributed by atoms with Crippen molar-refractivity contribution in [1.29, 1.82) is 0 Å². The van der Waals surface area contributed by atoms with Crippen LogP contribution in [0.25, 0.3) is 17.1 Å². The Morgan fingerprint density at radius 2 is 2.08 bits per heavy atom. The number of methoxy groups -OCH3 is 1.